The van der Waals surface area contributed by atoms with Crippen LogP contribution < -0.4 is 0 Å². The molecule has 2 unspecified atom stereocenters. The third-order valence-electron chi connectivity index (χ3n) is 2.17. The first-order chi connectivity index (χ1) is 5.70. The summed E-state index contributed by atoms with van der Waals surface area (Å²) in [6.45, 7) is 4.05. The Balaban J connectivity index is 3.18. The molecule has 2 nitrogen and oxygen atoms in total. The van der Waals surface area contributed by atoms with E-state index in [1.165, 1.54) is 0 Å². The van der Waals surface area contributed by atoms with E-state index in [2.05, 4.69) is 6.92 Å². The lowest BCUT2D eigenvalue weighted by Crippen LogP contribution is -2.09. The third-order valence-corrected chi connectivity index (χ3v) is 2.17. The zero-order valence-corrected chi connectivity index (χ0v) is 8.29. The van der Waals surface area contributed by atoms with Crippen LogP contribution in [0, 0.1) is 0 Å². The first kappa shape index (κ1) is 11.9. The SMILES string of the molecule is CCCC(O)CCCC(O)CC. The second-order valence-electron chi connectivity index (χ2n) is 3.44. The molecule has 0 saturated carbocycles. The van der Waals surface area contributed by atoms with Crippen LogP contribution in [0.3, 0.4) is 0 Å². The minimum Gasteiger partial charge on any atom is -0.393 e. The molecule has 74 valence electrons. The zero-order valence-electron chi connectivity index (χ0n) is 8.29. The van der Waals surface area contributed by atoms with Gasteiger partial charge in [0, 0.05) is 0 Å². The van der Waals surface area contributed by atoms with Gasteiger partial charge in [0.05, 0.1) is 12.2 Å². The first-order valence-electron chi connectivity index (χ1n) is 5.06. The van der Waals surface area contributed by atoms with Gasteiger partial charge < -0.3 is 10.2 Å². The summed E-state index contributed by atoms with van der Waals surface area (Å²) in [5.74, 6) is 0. The van der Waals surface area contributed by atoms with Crippen molar-refractivity contribution in [2.75, 3.05) is 0 Å². The predicted molar refractivity (Wildman–Crippen MR) is 51.1 cm³/mol. The van der Waals surface area contributed by atoms with Gasteiger partial charge in [0.15, 0.2) is 0 Å². The lowest BCUT2D eigenvalue weighted by atomic mass is 10.0. The molecule has 2 N–H and O–H groups in total. The molecule has 0 aromatic carbocycles. The van der Waals surface area contributed by atoms with Gasteiger partial charge in [0.1, 0.15) is 0 Å². The Morgan fingerprint density at radius 1 is 0.917 bits per heavy atom. The molecule has 0 aliphatic heterocycles. The van der Waals surface area contributed by atoms with E-state index >= 15 is 0 Å². The van der Waals surface area contributed by atoms with Crippen LogP contribution in [0.5, 0.6) is 0 Å². The van der Waals surface area contributed by atoms with E-state index in [1.54, 1.807) is 0 Å². The van der Waals surface area contributed by atoms with Crippen LogP contribution >= 0.6 is 0 Å². The average molecular weight is 174 g/mol. The number of aliphatic hydroxyl groups excluding tert-OH is 2. The lowest BCUT2D eigenvalue weighted by molar-refractivity contribution is 0.126. The highest BCUT2D eigenvalue weighted by atomic mass is 16.3. The maximum absolute atomic E-state index is 9.35. The maximum atomic E-state index is 9.35. The average Bonchev–Trinajstić information content (AvgIpc) is 2.04. The first-order valence-corrected chi connectivity index (χ1v) is 5.06. The highest BCUT2D eigenvalue weighted by molar-refractivity contribution is 4.58. The second-order valence-corrected chi connectivity index (χ2v) is 3.44. The van der Waals surface area contributed by atoms with Crippen LogP contribution in [0.1, 0.15) is 52.4 Å². The summed E-state index contributed by atoms with van der Waals surface area (Å²) < 4.78 is 0. The minimum absolute atomic E-state index is 0.154. The summed E-state index contributed by atoms with van der Waals surface area (Å²) in [7, 11) is 0. The van der Waals surface area contributed by atoms with E-state index in [0.717, 1.165) is 38.5 Å². The molecule has 0 fully saturated rings. The molecule has 0 heterocycles. The van der Waals surface area contributed by atoms with E-state index in [9.17, 15) is 10.2 Å². The van der Waals surface area contributed by atoms with Gasteiger partial charge >= 0.3 is 0 Å². The highest BCUT2D eigenvalue weighted by Crippen LogP contribution is 2.09. The Hall–Kier alpha value is -0.0800. The summed E-state index contributed by atoms with van der Waals surface area (Å²) in [5.41, 5.74) is 0. The molecule has 2 heteroatoms. The highest BCUT2D eigenvalue weighted by Gasteiger charge is 2.04. The van der Waals surface area contributed by atoms with Crippen molar-refractivity contribution >= 4 is 0 Å². The number of hydrogen-bond acceptors (Lipinski definition) is 2. The van der Waals surface area contributed by atoms with E-state index < -0.39 is 0 Å². The normalized spacial score (nSPS) is 16.0. The molecule has 0 aromatic heterocycles. The van der Waals surface area contributed by atoms with Crippen LogP contribution in [0.4, 0.5) is 0 Å². The van der Waals surface area contributed by atoms with Crippen LogP contribution in [0.15, 0.2) is 0 Å². The van der Waals surface area contributed by atoms with Crippen LogP contribution in [0.2, 0.25) is 0 Å². The molecule has 12 heavy (non-hydrogen) atoms. The van der Waals surface area contributed by atoms with Gasteiger partial charge in [-0.2, -0.15) is 0 Å². The monoisotopic (exact) mass is 174 g/mol. The fraction of sp³-hybridized carbons (Fsp3) is 1.00. The molecule has 0 amide bonds. The van der Waals surface area contributed by atoms with Gasteiger partial charge in [0.25, 0.3) is 0 Å². The maximum Gasteiger partial charge on any atom is 0.0540 e. The van der Waals surface area contributed by atoms with Gasteiger partial charge in [-0.05, 0) is 32.1 Å². The Labute approximate surface area is 75.6 Å². The predicted octanol–water partition coefficient (Wildman–Crippen LogP) is 2.09. The Morgan fingerprint density at radius 2 is 1.50 bits per heavy atom. The zero-order chi connectivity index (χ0) is 9.40. The quantitative estimate of drug-likeness (QED) is 0.620. The molecule has 2 atom stereocenters. The molecule has 0 bridgehead atoms. The molecule has 0 aromatic rings. The van der Waals surface area contributed by atoms with Gasteiger partial charge in [-0.1, -0.05) is 20.3 Å². The van der Waals surface area contributed by atoms with Crippen LogP contribution in [-0.4, -0.2) is 22.4 Å². The molecule has 0 aliphatic carbocycles. The standard InChI is InChI=1S/C10H22O2/c1-3-6-10(12)8-5-7-9(11)4-2/h9-12H,3-8H2,1-2H3. The summed E-state index contributed by atoms with van der Waals surface area (Å²) >= 11 is 0. The van der Waals surface area contributed by atoms with Crippen molar-refractivity contribution < 1.29 is 10.2 Å². The summed E-state index contributed by atoms with van der Waals surface area (Å²) in [4.78, 5) is 0. The second kappa shape index (κ2) is 7.56. The lowest BCUT2D eigenvalue weighted by Gasteiger charge is -2.10. The smallest absolute Gasteiger partial charge is 0.0540 e. The van der Waals surface area contributed by atoms with Gasteiger partial charge in [-0.15, -0.1) is 0 Å². The van der Waals surface area contributed by atoms with E-state index in [4.69, 9.17) is 0 Å². The van der Waals surface area contributed by atoms with E-state index in [-0.39, 0.29) is 12.2 Å². The number of rotatable bonds is 7. The topological polar surface area (TPSA) is 40.5 Å². The van der Waals surface area contributed by atoms with E-state index in [0.29, 0.717) is 0 Å². The van der Waals surface area contributed by atoms with Crippen molar-refractivity contribution in [1.82, 2.24) is 0 Å². The van der Waals surface area contributed by atoms with Crippen molar-refractivity contribution in [3.05, 3.63) is 0 Å². The van der Waals surface area contributed by atoms with Crippen LogP contribution in [-0.2, 0) is 0 Å². The Bertz CT molecular complexity index is 93.8. The molecular formula is C10H22O2. The number of aliphatic hydroxyl groups is 2. The van der Waals surface area contributed by atoms with Crippen molar-refractivity contribution in [1.29, 1.82) is 0 Å². The van der Waals surface area contributed by atoms with Gasteiger partial charge in [0.2, 0.25) is 0 Å². The number of hydrogen-bond donors (Lipinski definition) is 2. The fourth-order valence-corrected chi connectivity index (χ4v) is 1.27. The Morgan fingerprint density at radius 3 is 2.00 bits per heavy atom. The molecule has 0 rings (SSSR count). The summed E-state index contributed by atoms with van der Waals surface area (Å²) in [6, 6.07) is 0. The van der Waals surface area contributed by atoms with Crippen molar-refractivity contribution in [3.63, 3.8) is 0 Å². The summed E-state index contributed by atoms with van der Waals surface area (Å²) in [6.07, 6.45) is 5.04. The fourth-order valence-electron chi connectivity index (χ4n) is 1.27. The molecular weight excluding hydrogens is 152 g/mol. The van der Waals surface area contributed by atoms with Crippen molar-refractivity contribution in [2.24, 2.45) is 0 Å². The minimum atomic E-state index is -0.168. The van der Waals surface area contributed by atoms with Crippen LogP contribution in [0.25, 0.3) is 0 Å². The van der Waals surface area contributed by atoms with Gasteiger partial charge in [-0.3, -0.25) is 0 Å². The third kappa shape index (κ3) is 6.62. The largest absolute Gasteiger partial charge is 0.393 e. The van der Waals surface area contributed by atoms with Gasteiger partial charge in [-0.25, -0.2) is 0 Å². The molecule has 0 aliphatic rings. The summed E-state index contributed by atoms with van der Waals surface area (Å²) in [5, 5.41) is 18.6. The molecule has 0 spiro atoms. The Kier molecular flexibility index (Phi) is 7.51. The van der Waals surface area contributed by atoms with Crippen molar-refractivity contribution in [3.8, 4) is 0 Å². The van der Waals surface area contributed by atoms with E-state index in [1.807, 2.05) is 6.92 Å². The van der Waals surface area contributed by atoms with Crippen molar-refractivity contribution in [2.45, 2.75) is 64.6 Å². The molecule has 0 saturated heterocycles. The molecule has 0 radical (unpaired) electrons.